The summed E-state index contributed by atoms with van der Waals surface area (Å²) in [4.78, 5) is 13.6. The molecular weight excluding hydrogens is 224 g/mol. The van der Waals surface area contributed by atoms with Crippen molar-refractivity contribution >= 4 is 11.6 Å². The molecule has 18 heavy (non-hydrogen) atoms. The third-order valence-electron chi connectivity index (χ3n) is 2.93. The number of rotatable bonds is 7. The topological polar surface area (TPSA) is 46.3 Å². The lowest BCUT2D eigenvalue weighted by atomic mass is 10.1. The molecule has 0 atom stereocenters. The molecular formula is C15H22N2O. The Hall–Kier alpha value is -1.77. The molecule has 0 aromatic heterocycles. The van der Waals surface area contributed by atoms with E-state index in [4.69, 9.17) is 5.73 Å². The molecule has 98 valence electrons. The van der Waals surface area contributed by atoms with E-state index in [-0.39, 0.29) is 5.91 Å². The van der Waals surface area contributed by atoms with Crippen LogP contribution >= 0.6 is 0 Å². The van der Waals surface area contributed by atoms with Gasteiger partial charge in [0.2, 0.25) is 5.91 Å². The van der Waals surface area contributed by atoms with Crippen molar-refractivity contribution in [3.8, 4) is 0 Å². The van der Waals surface area contributed by atoms with Gasteiger partial charge in [-0.1, -0.05) is 18.2 Å². The molecule has 0 saturated heterocycles. The number of nitrogen functional groups attached to an aromatic ring is 1. The quantitative estimate of drug-likeness (QED) is 0.456. The van der Waals surface area contributed by atoms with Gasteiger partial charge in [0, 0.05) is 25.7 Å². The molecule has 0 bridgehead atoms. The number of allylic oxidation sites excluding steroid dienone is 1. The second-order valence-electron chi connectivity index (χ2n) is 4.49. The zero-order chi connectivity index (χ0) is 13.4. The maximum atomic E-state index is 11.9. The van der Waals surface area contributed by atoms with E-state index < -0.39 is 0 Å². The second kappa shape index (κ2) is 7.54. The lowest BCUT2D eigenvalue weighted by Gasteiger charge is -2.16. The van der Waals surface area contributed by atoms with Crippen molar-refractivity contribution in [3.05, 3.63) is 42.5 Å². The zero-order valence-electron chi connectivity index (χ0n) is 11.1. The van der Waals surface area contributed by atoms with Gasteiger partial charge in [-0.3, -0.25) is 4.79 Å². The first kappa shape index (κ1) is 14.3. The summed E-state index contributed by atoms with van der Waals surface area (Å²) in [6, 6.07) is 7.68. The van der Waals surface area contributed by atoms with E-state index >= 15 is 0 Å². The van der Waals surface area contributed by atoms with Crippen LogP contribution in [0.25, 0.3) is 0 Å². The SMILES string of the molecule is C=CCCCN(C)C(=O)CCc1ccc(N)cc1. The van der Waals surface area contributed by atoms with Crippen LogP contribution in [-0.2, 0) is 11.2 Å². The monoisotopic (exact) mass is 246 g/mol. The minimum Gasteiger partial charge on any atom is -0.399 e. The summed E-state index contributed by atoms with van der Waals surface area (Å²) in [7, 11) is 1.86. The molecule has 3 heteroatoms. The molecule has 0 spiro atoms. The fourth-order valence-corrected chi connectivity index (χ4v) is 1.72. The van der Waals surface area contributed by atoms with Gasteiger partial charge >= 0.3 is 0 Å². The third-order valence-corrected chi connectivity index (χ3v) is 2.93. The number of nitrogens with two attached hydrogens (primary N) is 1. The van der Waals surface area contributed by atoms with Crippen LogP contribution in [0.4, 0.5) is 5.69 Å². The van der Waals surface area contributed by atoms with Crippen molar-refractivity contribution in [2.75, 3.05) is 19.3 Å². The van der Waals surface area contributed by atoms with Gasteiger partial charge in [0.15, 0.2) is 0 Å². The van der Waals surface area contributed by atoms with Gasteiger partial charge in [0.25, 0.3) is 0 Å². The summed E-state index contributed by atoms with van der Waals surface area (Å²) < 4.78 is 0. The highest BCUT2D eigenvalue weighted by Gasteiger charge is 2.07. The predicted octanol–water partition coefficient (Wildman–Crippen LogP) is 2.63. The number of unbranched alkanes of at least 4 members (excludes halogenated alkanes) is 1. The maximum absolute atomic E-state index is 11.9. The Labute approximate surface area is 109 Å². The Kier molecular flexibility index (Phi) is 5.98. The average Bonchev–Trinajstić information content (AvgIpc) is 2.38. The van der Waals surface area contributed by atoms with Crippen LogP contribution in [0, 0.1) is 0 Å². The molecule has 1 aromatic carbocycles. The summed E-state index contributed by atoms with van der Waals surface area (Å²) in [5.41, 5.74) is 7.52. The van der Waals surface area contributed by atoms with Gasteiger partial charge in [-0.05, 0) is 37.0 Å². The minimum atomic E-state index is 0.191. The van der Waals surface area contributed by atoms with Crippen LogP contribution in [0.1, 0.15) is 24.8 Å². The lowest BCUT2D eigenvalue weighted by Crippen LogP contribution is -2.27. The normalized spacial score (nSPS) is 10.1. The molecule has 0 aliphatic carbocycles. The molecule has 0 aliphatic heterocycles. The first-order chi connectivity index (χ1) is 8.63. The molecule has 3 nitrogen and oxygen atoms in total. The molecule has 0 saturated carbocycles. The second-order valence-corrected chi connectivity index (χ2v) is 4.49. The van der Waals surface area contributed by atoms with E-state index in [1.54, 1.807) is 4.90 Å². The highest BCUT2D eigenvalue weighted by Crippen LogP contribution is 2.08. The zero-order valence-corrected chi connectivity index (χ0v) is 11.1. The molecule has 0 fully saturated rings. The van der Waals surface area contributed by atoms with Crippen molar-refractivity contribution in [3.63, 3.8) is 0 Å². The van der Waals surface area contributed by atoms with Gasteiger partial charge < -0.3 is 10.6 Å². The van der Waals surface area contributed by atoms with Crippen molar-refractivity contribution < 1.29 is 4.79 Å². The van der Waals surface area contributed by atoms with Crippen LogP contribution in [0.3, 0.4) is 0 Å². The molecule has 1 amide bonds. The maximum Gasteiger partial charge on any atom is 0.222 e. The first-order valence-electron chi connectivity index (χ1n) is 6.32. The largest absolute Gasteiger partial charge is 0.399 e. The third kappa shape index (κ3) is 5.04. The van der Waals surface area contributed by atoms with E-state index in [0.717, 1.165) is 37.1 Å². The molecule has 2 N–H and O–H groups in total. The van der Waals surface area contributed by atoms with Gasteiger partial charge in [0.1, 0.15) is 0 Å². The van der Waals surface area contributed by atoms with E-state index in [2.05, 4.69) is 6.58 Å². The van der Waals surface area contributed by atoms with Crippen LogP contribution in [-0.4, -0.2) is 24.4 Å². The van der Waals surface area contributed by atoms with Crippen molar-refractivity contribution in [2.24, 2.45) is 0 Å². The van der Waals surface area contributed by atoms with E-state index in [9.17, 15) is 4.79 Å². The predicted molar refractivity (Wildman–Crippen MR) is 76.2 cm³/mol. The van der Waals surface area contributed by atoms with E-state index in [1.165, 1.54) is 0 Å². The number of carbonyl (C=O) groups excluding carboxylic acids is 1. The smallest absolute Gasteiger partial charge is 0.222 e. The van der Waals surface area contributed by atoms with Gasteiger partial charge in [0.05, 0.1) is 0 Å². The Bertz CT molecular complexity index is 384. The Morgan fingerprint density at radius 3 is 2.67 bits per heavy atom. The van der Waals surface area contributed by atoms with Gasteiger partial charge in [-0.15, -0.1) is 6.58 Å². The fraction of sp³-hybridized carbons (Fsp3) is 0.400. The van der Waals surface area contributed by atoms with Crippen molar-refractivity contribution in [2.45, 2.75) is 25.7 Å². The molecule has 0 heterocycles. The standard InChI is InChI=1S/C15H22N2O/c1-3-4-5-12-17(2)15(18)11-8-13-6-9-14(16)10-7-13/h3,6-7,9-10H,1,4-5,8,11-12,16H2,2H3. The fourth-order valence-electron chi connectivity index (χ4n) is 1.72. The summed E-state index contributed by atoms with van der Waals surface area (Å²) in [6.07, 6.45) is 5.13. The average molecular weight is 246 g/mol. The number of benzene rings is 1. The van der Waals surface area contributed by atoms with Gasteiger partial charge in [-0.2, -0.15) is 0 Å². The molecule has 1 rings (SSSR count). The molecule has 0 radical (unpaired) electrons. The molecule has 0 unspecified atom stereocenters. The van der Waals surface area contributed by atoms with Crippen LogP contribution in [0.2, 0.25) is 0 Å². The molecule has 1 aromatic rings. The van der Waals surface area contributed by atoms with Crippen molar-refractivity contribution in [1.82, 2.24) is 4.90 Å². The Balaban J connectivity index is 2.31. The van der Waals surface area contributed by atoms with Crippen LogP contribution in [0.5, 0.6) is 0 Å². The Morgan fingerprint density at radius 1 is 1.39 bits per heavy atom. The first-order valence-corrected chi connectivity index (χ1v) is 6.32. The molecule has 0 aliphatic rings. The number of amides is 1. The number of anilines is 1. The van der Waals surface area contributed by atoms with E-state index in [1.807, 2.05) is 37.4 Å². The summed E-state index contributed by atoms with van der Waals surface area (Å²) in [5, 5.41) is 0. The van der Waals surface area contributed by atoms with Crippen LogP contribution in [0.15, 0.2) is 36.9 Å². The Morgan fingerprint density at radius 2 is 2.06 bits per heavy atom. The minimum absolute atomic E-state index is 0.191. The van der Waals surface area contributed by atoms with E-state index in [0.29, 0.717) is 6.42 Å². The lowest BCUT2D eigenvalue weighted by molar-refractivity contribution is -0.129. The summed E-state index contributed by atoms with van der Waals surface area (Å²) in [6.45, 7) is 4.47. The number of aryl methyl sites for hydroxylation is 1. The number of hydrogen-bond donors (Lipinski definition) is 1. The van der Waals surface area contributed by atoms with Crippen molar-refractivity contribution in [1.29, 1.82) is 0 Å². The number of hydrogen-bond acceptors (Lipinski definition) is 2. The summed E-state index contributed by atoms with van der Waals surface area (Å²) in [5.74, 6) is 0.191. The van der Waals surface area contributed by atoms with Crippen LogP contribution < -0.4 is 5.73 Å². The summed E-state index contributed by atoms with van der Waals surface area (Å²) >= 11 is 0. The van der Waals surface area contributed by atoms with Gasteiger partial charge in [-0.25, -0.2) is 0 Å². The number of nitrogens with zero attached hydrogens (tertiary/aromatic N) is 1. The number of carbonyl (C=O) groups is 1. The highest BCUT2D eigenvalue weighted by atomic mass is 16.2. The highest BCUT2D eigenvalue weighted by molar-refractivity contribution is 5.76.